The third-order valence-electron chi connectivity index (χ3n) is 3.98. The Morgan fingerprint density at radius 1 is 1.41 bits per heavy atom. The van der Waals surface area contributed by atoms with Crippen molar-refractivity contribution in [2.45, 2.75) is 30.1 Å². The molecule has 1 aliphatic rings. The lowest BCUT2D eigenvalue weighted by Gasteiger charge is -2.38. The van der Waals surface area contributed by atoms with E-state index in [0.717, 1.165) is 6.26 Å². The van der Waals surface area contributed by atoms with Gasteiger partial charge in [-0.05, 0) is 25.3 Å². The van der Waals surface area contributed by atoms with Gasteiger partial charge in [-0.25, -0.2) is 8.42 Å². The minimum absolute atomic E-state index is 0.165. The van der Waals surface area contributed by atoms with E-state index in [2.05, 4.69) is 5.32 Å². The molecule has 1 unspecified atom stereocenters. The van der Waals surface area contributed by atoms with Crippen molar-refractivity contribution in [2.75, 3.05) is 6.26 Å². The fourth-order valence-corrected chi connectivity index (χ4v) is 4.29. The molecule has 1 aromatic rings. The van der Waals surface area contributed by atoms with Crippen molar-refractivity contribution in [3.8, 4) is 6.07 Å². The highest BCUT2D eigenvalue weighted by atomic mass is 35.5. The van der Waals surface area contributed by atoms with E-state index >= 15 is 0 Å². The van der Waals surface area contributed by atoms with Gasteiger partial charge in [-0.3, -0.25) is 4.79 Å². The summed E-state index contributed by atoms with van der Waals surface area (Å²) in [5.74, 6) is -0.663. The van der Waals surface area contributed by atoms with Crippen molar-refractivity contribution in [1.82, 2.24) is 5.32 Å². The van der Waals surface area contributed by atoms with Crippen molar-refractivity contribution in [1.29, 1.82) is 5.26 Å². The van der Waals surface area contributed by atoms with E-state index < -0.39 is 26.5 Å². The topological polar surface area (TPSA) is 87.0 Å². The number of carbonyl (C=O) groups is 1. The zero-order chi connectivity index (χ0) is 16.5. The summed E-state index contributed by atoms with van der Waals surface area (Å²) in [6.07, 6.45) is 2.23. The summed E-state index contributed by atoms with van der Waals surface area (Å²) in [4.78, 5) is 12.4. The first kappa shape index (κ1) is 17.1. The van der Waals surface area contributed by atoms with Crippen LogP contribution in [0.15, 0.2) is 18.2 Å². The minimum atomic E-state index is -3.56. The Bertz CT molecular complexity index is 752. The molecule has 0 aromatic heterocycles. The molecule has 0 spiro atoms. The van der Waals surface area contributed by atoms with E-state index in [0.29, 0.717) is 12.0 Å². The summed E-state index contributed by atoms with van der Waals surface area (Å²) >= 11 is 12.0. The Labute approximate surface area is 139 Å². The van der Waals surface area contributed by atoms with Gasteiger partial charge in [0.15, 0.2) is 14.6 Å². The van der Waals surface area contributed by atoms with Crippen LogP contribution in [0.2, 0.25) is 10.0 Å². The molecular weight excluding hydrogens is 347 g/mol. The average molecular weight is 361 g/mol. The molecule has 5 nitrogen and oxygen atoms in total. The second kappa shape index (κ2) is 6.07. The molecule has 1 aromatic carbocycles. The van der Waals surface area contributed by atoms with Gasteiger partial charge in [-0.2, -0.15) is 5.26 Å². The largest absolute Gasteiger partial charge is 0.335 e. The molecule has 0 bridgehead atoms. The lowest BCUT2D eigenvalue weighted by molar-refractivity contribution is -0.126. The van der Waals surface area contributed by atoms with Crippen LogP contribution in [0.5, 0.6) is 0 Å². The lowest BCUT2D eigenvalue weighted by Crippen LogP contribution is -2.57. The molecule has 0 heterocycles. The molecule has 1 saturated carbocycles. The van der Waals surface area contributed by atoms with Crippen LogP contribution in [0, 0.1) is 11.3 Å². The number of carbonyl (C=O) groups excluding carboxylic acids is 1. The van der Waals surface area contributed by atoms with Gasteiger partial charge in [0.05, 0.1) is 16.1 Å². The maximum absolute atomic E-state index is 12.4. The third kappa shape index (κ3) is 2.81. The predicted octanol–water partition coefficient (Wildman–Crippen LogP) is 2.64. The first-order valence-electron chi connectivity index (χ1n) is 6.57. The molecule has 1 aliphatic carbocycles. The Hall–Kier alpha value is -1.29. The number of halogens is 2. The van der Waals surface area contributed by atoms with E-state index in [9.17, 15) is 18.5 Å². The summed E-state index contributed by atoms with van der Waals surface area (Å²) in [6, 6.07) is 5.60. The number of nitriles is 1. The number of hydrogen-bond acceptors (Lipinski definition) is 4. The number of amides is 1. The van der Waals surface area contributed by atoms with Gasteiger partial charge < -0.3 is 5.32 Å². The van der Waals surface area contributed by atoms with Gasteiger partial charge in [0.25, 0.3) is 0 Å². The van der Waals surface area contributed by atoms with Crippen LogP contribution in [-0.2, 0) is 14.6 Å². The van der Waals surface area contributed by atoms with Crippen LogP contribution in [0.1, 0.15) is 30.9 Å². The second-order valence-electron chi connectivity index (χ2n) is 5.30. The number of rotatable bonds is 4. The predicted molar refractivity (Wildman–Crippen MR) is 84.4 cm³/mol. The maximum atomic E-state index is 12.4. The summed E-state index contributed by atoms with van der Waals surface area (Å²) in [5, 5.41) is 12.2. The number of benzene rings is 1. The first-order chi connectivity index (χ1) is 10.2. The maximum Gasteiger partial charge on any atom is 0.242 e. The average Bonchev–Trinajstić information content (AvgIpc) is 2.36. The third-order valence-corrected chi connectivity index (χ3v) is 6.83. The van der Waals surface area contributed by atoms with Crippen LogP contribution in [0.25, 0.3) is 0 Å². The van der Waals surface area contributed by atoms with Crippen molar-refractivity contribution < 1.29 is 13.2 Å². The molecule has 0 radical (unpaired) electrons. The number of hydrogen-bond donors (Lipinski definition) is 1. The highest BCUT2D eigenvalue weighted by molar-refractivity contribution is 7.93. The molecule has 118 valence electrons. The number of sulfone groups is 1. The van der Waals surface area contributed by atoms with Crippen molar-refractivity contribution in [2.24, 2.45) is 0 Å². The zero-order valence-corrected chi connectivity index (χ0v) is 14.1. The Morgan fingerprint density at radius 3 is 2.50 bits per heavy atom. The Kier molecular flexibility index (Phi) is 4.71. The monoisotopic (exact) mass is 360 g/mol. The molecule has 1 atom stereocenters. The van der Waals surface area contributed by atoms with Crippen LogP contribution >= 0.6 is 23.2 Å². The standard InChI is InChI=1S/C14H14Cl2N2O3S/c1-22(20,21)14(6-3-7-14)13(19)18-11(8-17)9-4-2-5-10(15)12(9)16/h2,4-5,11H,3,6-7H2,1H3,(H,18,19). The van der Waals surface area contributed by atoms with Crippen molar-refractivity contribution >= 4 is 38.9 Å². The first-order valence-corrected chi connectivity index (χ1v) is 9.22. The smallest absolute Gasteiger partial charge is 0.242 e. The van der Waals surface area contributed by atoms with Crippen molar-refractivity contribution in [3.05, 3.63) is 33.8 Å². The fraction of sp³-hybridized carbons (Fsp3) is 0.429. The summed E-state index contributed by atoms with van der Waals surface area (Å²) in [6.45, 7) is 0. The molecule has 22 heavy (non-hydrogen) atoms. The molecule has 1 N–H and O–H groups in total. The fourth-order valence-electron chi connectivity index (χ4n) is 2.45. The zero-order valence-electron chi connectivity index (χ0n) is 11.8. The molecule has 1 amide bonds. The quantitative estimate of drug-likeness (QED) is 0.893. The van der Waals surface area contributed by atoms with Gasteiger partial charge in [-0.1, -0.05) is 35.3 Å². The van der Waals surface area contributed by atoms with Gasteiger partial charge in [-0.15, -0.1) is 0 Å². The number of nitrogens with one attached hydrogen (secondary N) is 1. The van der Waals surface area contributed by atoms with E-state index in [4.69, 9.17) is 23.2 Å². The number of nitrogens with zero attached hydrogens (tertiary/aromatic N) is 1. The lowest BCUT2D eigenvalue weighted by atomic mass is 9.83. The van der Waals surface area contributed by atoms with Crippen LogP contribution in [-0.4, -0.2) is 25.3 Å². The molecule has 2 rings (SSSR count). The Balaban J connectivity index is 2.30. The van der Waals surface area contributed by atoms with Gasteiger partial charge in [0, 0.05) is 11.8 Å². The summed E-state index contributed by atoms with van der Waals surface area (Å²) < 4.78 is 22.4. The van der Waals surface area contributed by atoms with Gasteiger partial charge in [0.1, 0.15) is 6.04 Å². The van der Waals surface area contributed by atoms with E-state index in [1.165, 1.54) is 0 Å². The molecule has 8 heteroatoms. The minimum Gasteiger partial charge on any atom is -0.335 e. The highest BCUT2D eigenvalue weighted by Crippen LogP contribution is 2.40. The van der Waals surface area contributed by atoms with Crippen molar-refractivity contribution in [3.63, 3.8) is 0 Å². The Morgan fingerprint density at radius 2 is 2.05 bits per heavy atom. The summed E-state index contributed by atoms with van der Waals surface area (Å²) in [5.41, 5.74) is 0.341. The highest BCUT2D eigenvalue weighted by Gasteiger charge is 2.53. The van der Waals surface area contributed by atoms with Crippen LogP contribution < -0.4 is 5.32 Å². The van der Waals surface area contributed by atoms with E-state index in [1.54, 1.807) is 18.2 Å². The molecular formula is C14H14Cl2N2O3S. The SMILES string of the molecule is CS(=O)(=O)C1(C(=O)NC(C#N)c2cccc(Cl)c2Cl)CCC1. The molecule has 0 saturated heterocycles. The van der Waals surface area contributed by atoms with Gasteiger partial charge in [0.2, 0.25) is 5.91 Å². The van der Waals surface area contributed by atoms with E-state index in [1.807, 2.05) is 6.07 Å². The normalized spacial score (nSPS) is 17.9. The second-order valence-corrected chi connectivity index (χ2v) is 8.41. The van der Waals surface area contributed by atoms with Crippen LogP contribution in [0.4, 0.5) is 0 Å². The molecule has 0 aliphatic heterocycles. The van der Waals surface area contributed by atoms with Crippen LogP contribution in [0.3, 0.4) is 0 Å². The van der Waals surface area contributed by atoms with E-state index in [-0.39, 0.29) is 22.9 Å². The summed E-state index contributed by atoms with van der Waals surface area (Å²) in [7, 11) is -3.56. The van der Waals surface area contributed by atoms with Gasteiger partial charge >= 0.3 is 0 Å². The molecule has 1 fully saturated rings.